The van der Waals surface area contributed by atoms with Gasteiger partial charge in [0, 0.05) is 23.4 Å². The van der Waals surface area contributed by atoms with Crippen molar-refractivity contribution >= 4 is 5.57 Å². The van der Waals surface area contributed by atoms with E-state index >= 15 is 0 Å². The van der Waals surface area contributed by atoms with Crippen LogP contribution in [0, 0.1) is 17.6 Å². The lowest BCUT2D eigenvalue weighted by molar-refractivity contribution is 0.555. The van der Waals surface area contributed by atoms with Crippen LogP contribution in [0.5, 0.6) is 0 Å². The van der Waals surface area contributed by atoms with Gasteiger partial charge in [-0.2, -0.15) is 0 Å². The minimum atomic E-state index is -0.563. The van der Waals surface area contributed by atoms with E-state index in [0.717, 1.165) is 12.1 Å². The van der Waals surface area contributed by atoms with Crippen LogP contribution in [0.1, 0.15) is 45.2 Å². The van der Waals surface area contributed by atoms with E-state index in [9.17, 15) is 8.78 Å². The van der Waals surface area contributed by atoms with E-state index in [1.165, 1.54) is 12.1 Å². The van der Waals surface area contributed by atoms with Crippen LogP contribution in [-0.2, 0) is 6.54 Å². The molecule has 0 spiro atoms. The highest BCUT2D eigenvalue weighted by Gasteiger charge is 2.14. The molecule has 0 saturated carbocycles. The Kier molecular flexibility index (Phi) is 5.93. The molecule has 110 valence electrons. The second-order valence-corrected chi connectivity index (χ2v) is 5.25. The topological polar surface area (TPSA) is 12.0 Å². The molecule has 0 heterocycles. The Morgan fingerprint density at radius 2 is 2.00 bits per heavy atom. The molecule has 3 heteroatoms. The van der Waals surface area contributed by atoms with E-state index in [2.05, 4.69) is 38.7 Å². The molecule has 0 radical (unpaired) electrons. The predicted octanol–water partition coefficient (Wildman–Crippen LogP) is 5.04. The molecule has 1 aromatic rings. The van der Waals surface area contributed by atoms with Gasteiger partial charge in [-0.1, -0.05) is 39.5 Å². The normalized spacial score (nSPS) is 11.8. The van der Waals surface area contributed by atoms with Gasteiger partial charge in [-0.15, -0.1) is 0 Å². The van der Waals surface area contributed by atoms with Crippen molar-refractivity contribution in [3.05, 3.63) is 53.2 Å². The molecule has 0 aliphatic rings. The van der Waals surface area contributed by atoms with Gasteiger partial charge in [0.25, 0.3) is 0 Å². The summed E-state index contributed by atoms with van der Waals surface area (Å²) in [5.74, 6) is -0.740. The fourth-order valence-corrected chi connectivity index (χ4v) is 2.05. The average molecular weight is 279 g/mol. The van der Waals surface area contributed by atoms with Crippen LogP contribution in [0.25, 0.3) is 5.57 Å². The zero-order chi connectivity index (χ0) is 15.3. The van der Waals surface area contributed by atoms with E-state index in [1.54, 1.807) is 6.92 Å². The van der Waals surface area contributed by atoms with Crippen LogP contribution >= 0.6 is 0 Å². The summed E-state index contributed by atoms with van der Waals surface area (Å²) in [7, 11) is 0. The lowest BCUT2D eigenvalue weighted by Gasteiger charge is -2.16. The molecule has 0 fully saturated rings. The van der Waals surface area contributed by atoms with E-state index in [-0.39, 0.29) is 5.56 Å². The van der Waals surface area contributed by atoms with E-state index < -0.39 is 11.6 Å². The Morgan fingerprint density at radius 1 is 1.35 bits per heavy atom. The van der Waals surface area contributed by atoms with Crippen molar-refractivity contribution < 1.29 is 8.78 Å². The Balaban J connectivity index is 2.97. The first kappa shape index (κ1) is 16.4. The van der Waals surface area contributed by atoms with Gasteiger partial charge in [0.05, 0.1) is 0 Å². The molecule has 20 heavy (non-hydrogen) atoms. The summed E-state index contributed by atoms with van der Waals surface area (Å²) >= 11 is 0. The molecule has 0 aliphatic carbocycles. The summed E-state index contributed by atoms with van der Waals surface area (Å²) in [4.78, 5) is 0. The number of allylic oxidation sites excluding steroid dienone is 3. The van der Waals surface area contributed by atoms with Crippen LogP contribution in [0.15, 0.2) is 30.5 Å². The maximum atomic E-state index is 14.3. The second kappa shape index (κ2) is 7.22. The molecule has 0 saturated heterocycles. The molecule has 1 aromatic carbocycles. The summed E-state index contributed by atoms with van der Waals surface area (Å²) < 4.78 is 27.9. The third-order valence-corrected chi connectivity index (χ3v) is 3.13. The van der Waals surface area contributed by atoms with Crippen LogP contribution in [0.2, 0.25) is 0 Å². The number of hydrogen-bond acceptors (Lipinski definition) is 1. The zero-order valence-electron chi connectivity index (χ0n) is 12.7. The summed E-state index contributed by atoms with van der Waals surface area (Å²) in [6, 6.07) is 2.77. The highest BCUT2D eigenvalue weighted by molar-refractivity contribution is 5.63. The number of halogens is 2. The molecule has 0 aromatic heterocycles. The van der Waals surface area contributed by atoms with Gasteiger partial charge >= 0.3 is 0 Å². The standard InChI is InChI=1S/C17H23F2N/c1-6-7-15(11(2)3)20-10-13-8-9-14(18)16(12(4)5)17(13)19/h7-9,11,20H,4,6,10H2,1-3,5H3/b15-7-. The molecule has 0 unspecified atom stereocenters. The maximum absolute atomic E-state index is 14.3. The van der Waals surface area contributed by atoms with E-state index in [4.69, 9.17) is 0 Å². The monoisotopic (exact) mass is 279 g/mol. The van der Waals surface area contributed by atoms with Crippen LogP contribution in [0.4, 0.5) is 8.78 Å². The van der Waals surface area contributed by atoms with Gasteiger partial charge in [0.15, 0.2) is 0 Å². The zero-order valence-corrected chi connectivity index (χ0v) is 12.7. The Labute approximate surface area is 120 Å². The molecular weight excluding hydrogens is 256 g/mol. The van der Waals surface area contributed by atoms with Crippen molar-refractivity contribution in [3.63, 3.8) is 0 Å². The van der Waals surface area contributed by atoms with Gasteiger partial charge in [0.2, 0.25) is 0 Å². The molecule has 1 nitrogen and oxygen atoms in total. The van der Waals surface area contributed by atoms with Crippen molar-refractivity contribution in [2.24, 2.45) is 5.92 Å². The maximum Gasteiger partial charge on any atom is 0.138 e. The third kappa shape index (κ3) is 3.92. The van der Waals surface area contributed by atoms with Crippen molar-refractivity contribution in [3.8, 4) is 0 Å². The first-order valence-corrected chi connectivity index (χ1v) is 6.95. The minimum absolute atomic E-state index is 0.0186. The van der Waals surface area contributed by atoms with Crippen molar-refractivity contribution in [2.45, 2.75) is 40.7 Å². The fraction of sp³-hybridized carbons (Fsp3) is 0.412. The molecule has 1 rings (SSSR count). The molecule has 0 atom stereocenters. The summed E-state index contributed by atoms with van der Waals surface area (Å²) in [5.41, 5.74) is 1.91. The lowest BCUT2D eigenvalue weighted by atomic mass is 10.0. The first-order chi connectivity index (χ1) is 9.38. The molecule has 0 amide bonds. The van der Waals surface area contributed by atoms with E-state index in [0.29, 0.717) is 23.6 Å². The van der Waals surface area contributed by atoms with Gasteiger partial charge in [-0.3, -0.25) is 0 Å². The van der Waals surface area contributed by atoms with Crippen molar-refractivity contribution in [1.82, 2.24) is 5.32 Å². The molecule has 1 N–H and O–H groups in total. The van der Waals surface area contributed by atoms with Gasteiger partial charge in [-0.05, 0) is 30.9 Å². The summed E-state index contributed by atoms with van der Waals surface area (Å²) in [6.45, 7) is 11.8. The number of benzene rings is 1. The highest BCUT2D eigenvalue weighted by atomic mass is 19.1. The van der Waals surface area contributed by atoms with Crippen LogP contribution < -0.4 is 5.32 Å². The van der Waals surface area contributed by atoms with Gasteiger partial charge < -0.3 is 5.32 Å². The van der Waals surface area contributed by atoms with Gasteiger partial charge in [-0.25, -0.2) is 8.78 Å². The molecule has 0 bridgehead atoms. The Hall–Kier alpha value is -1.64. The second-order valence-electron chi connectivity index (χ2n) is 5.25. The SMILES string of the molecule is C=C(C)c1c(F)ccc(CN/C(=C\CC)C(C)C)c1F. The lowest BCUT2D eigenvalue weighted by Crippen LogP contribution is -2.18. The Bertz CT molecular complexity index is 516. The highest BCUT2D eigenvalue weighted by Crippen LogP contribution is 2.23. The smallest absolute Gasteiger partial charge is 0.138 e. The van der Waals surface area contributed by atoms with Crippen molar-refractivity contribution in [1.29, 1.82) is 0 Å². The van der Waals surface area contributed by atoms with Crippen molar-refractivity contribution in [2.75, 3.05) is 0 Å². The minimum Gasteiger partial charge on any atom is -0.384 e. The van der Waals surface area contributed by atoms with Gasteiger partial charge in [0.1, 0.15) is 11.6 Å². The average Bonchev–Trinajstić information content (AvgIpc) is 2.35. The largest absolute Gasteiger partial charge is 0.384 e. The van der Waals surface area contributed by atoms with Crippen LogP contribution in [-0.4, -0.2) is 0 Å². The fourth-order valence-electron chi connectivity index (χ4n) is 2.05. The van der Waals surface area contributed by atoms with E-state index in [1.807, 2.05) is 0 Å². The number of rotatable bonds is 6. The third-order valence-electron chi connectivity index (χ3n) is 3.13. The first-order valence-electron chi connectivity index (χ1n) is 6.95. The molecular formula is C17H23F2N. The Morgan fingerprint density at radius 3 is 2.50 bits per heavy atom. The van der Waals surface area contributed by atoms with Crippen LogP contribution in [0.3, 0.4) is 0 Å². The predicted molar refractivity (Wildman–Crippen MR) is 81.1 cm³/mol. The molecule has 0 aliphatic heterocycles. The number of nitrogens with one attached hydrogen (secondary N) is 1. The summed E-state index contributed by atoms with van der Waals surface area (Å²) in [5, 5.41) is 3.23. The quantitative estimate of drug-likeness (QED) is 0.769. The summed E-state index contributed by atoms with van der Waals surface area (Å²) in [6.07, 6.45) is 3.01. The number of hydrogen-bond donors (Lipinski definition) is 1.